The summed E-state index contributed by atoms with van der Waals surface area (Å²) >= 11 is 0. The molecule has 0 bridgehead atoms. The summed E-state index contributed by atoms with van der Waals surface area (Å²) in [6.07, 6.45) is 0.345. The van der Waals surface area contributed by atoms with E-state index in [0.717, 1.165) is 16.3 Å². The molecule has 2 aromatic rings. The molecule has 0 N–H and O–H groups in total. The zero-order valence-corrected chi connectivity index (χ0v) is 8.94. The molecule has 0 aliphatic carbocycles. The van der Waals surface area contributed by atoms with Crippen LogP contribution in [0.2, 0.25) is 0 Å². The van der Waals surface area contributed by atoms with E-state index in [9.17, 15) is 0 Å². The molecule has 0 radical (unpaired) electrons. The number of rotatable bonds is 1. The normalized spacial score (nSPS) is 9.24. The van der Waals surface area contributed by atoms with E-state index in [2.05, 4.69) is 6.07 Å². The van der Waals surface area contributed by atoms with Gasteiger partial charge in [-0.25, -0.2) is 0 Å². The quantitative estimate of drug-likeness (QED) is 0.737. The van der Waals surface area contributed by atoms with E-state index in [1.165, 1.54) is 0 Å². The van der Waals surface area contributed by atoms with Crippen LogP contribution in [0.1, 0.15) is 16.7 Å². The van der Waals surface area contributed by atoms with Gasteiger partial charge in [-0.15, -0.1) is 0 Å². The van der Waals surface area contributed by atoms with Crippen LogP contribution in [0.4, 0.5) is 0 Å². The monoisotopic (exact) mass is 217 g/mol. The van der Waals surface area contributed by atoms with Gasteiger partial charge in [-0.2, -0.15) is 15.8 Å². The highest BCUT2D eigenvalue weighted by molar-refractivity contribution is 5.86. The molecule has 0 unspecified atom stereocenters. The first-order valence-electron chi connectivity index (χ1n) is 5.02. The van der Waals surface area contributed by atoms with Crippen LogP contribution in [-0.2, 0) is 6.42 Å². The van der Waals surface area contributed by atoms with Crippen LogP contribution >= 0.6 is 0 Å². The van der Waals surface area contributed by atoms with E-state index in [0.29, 0.717) is 17.5 Å². The summed E-state index contributed by atoms with van der Waals surface area (Å²) in [7, 11) is 0. The first-order valence-corrected chi connectivity index (χ1v) is 5.02. The Morgan fingerprint density at radius 1 is 0.824 bits per heavy atom. The Balaban J connectivity index is 2.69. The molecule has 0 saturated heterocycles. The van der Waals surface area contributed by atoms with Crippen LogP contribution in [0, 0.1) is 34.0 Å². The van der Waals surface area contributed by atoms with Gasteiger partial charge in [0, 0.05) is 0 Å². The van der Waals surface area contributed by atoms with Crippen LogP contribution < -0.4 is 0 Å². The average molecular weight is 217 g/mol. The maximum absolute atomic E-state index is 8.93. The molecule has 0 saturated carbocycles. The van der Waals surface area contributed by atoms with Crippen LogP contribution in [0.15, 0.2) is 30.3 Å². The summed E-state index contributed by atoms with van der Waals surface area (Å²) in [4.78, 5) is 0. The largest absolute Gasteiger partial charge is 0.198 e. The van der Waals surface area contributed by atoms with Gasteiger partial charge >= 0.3 is 0 Å². The number of nitrogens with zero attached hydrogens (tertiary/aromatic N) is 3. The van der Waals surface area contributed by atoms with Crippen LogP contribution in [0.25, 0.3) is 10.8 Å². The maximum Gasteiger partial charge on any atom is 0.101 e. The summed E-state index contributed by atoms with van der Waals surface area (Å²) < 4.78 is 0. The van der Waals surface area contributed by atoms with Crippen molar-refractivity contribution in [1.82, 2.24) is 0 Å². The molecular weight excluding hydrogens is 210 g/mol. The molecular formula is C14H7N3. The second kappa shape index (κ2) is 4.35. The molecule has 2 aromatic carbocycles. The van der Waals surface area contributed by atoms with E-state index < -0.39 is 0 Å². The third-order valence-corrected chi connectivity index (χ3v) is 2.57. The van der Waals surface area contributed by atoms with Gasteiger partial charge in [0.1, 0.15) is 12.1 Å². The first kappa shape index (κ1) is 10.7. The molecule has 2 rings (SSSR count). The van der Waals surface area contributed by atoms with Crippen molar-refractivity contribution in [3.63, 3.8) is 0 Å². The van der Waals surface area contributed by atoms with Gasteiger partial charge in [0.25, 0.3) is 0 Å². The van der Waals surface area contributed by atoms with Gasteiger partial charge in [-0.05, 0) is 28.5 Å². The Morgan fingerprint density at radius 2 is 1.47 bits per heavy atom. The molecule has 78 valence electrons. The SMILES string of the molecule is N#CCc1ccc2cc(C#N)c(C#N)cc2c1. The third kappa shape index (κ3) is 1.93. The topological polar surface area (TPSA) is 71.4 Å². The number of benzene rings is 2. The van der Waals surface area contributed by atoms with E-state index in [4.69, 9.17) is 15.8 Å². The van der Waals surface area contributed by atoms with Crippen LogP contribution in [-0.4, -0.2) is 0 Å². The van der Waals surface area contributed by atoms with E-state index in [-0.39, 0.29) is 0 Å². The van der Waals surface area contributed by atoms with E-state index in [1.807, 2.05) is 30.3 Å². The molecule has 0 aliphatic rings. The van der Waals surface area contributed by atoms with Gasteiger partial charge < -0.3 is 0 Å². The number of hydrogen-bond acceptors (Lipinski definition) is 3. The van der Waals surface area contributed by atoms with Crippen molar-refractivity contribution in [3.8, 4) is 18.2 Å². The summed E-state index contributed by atoms with van der Waals surface area (Å²) in [6, 6.07) is 15.1. The van der Waals surface area contributed by atoms with E-state index >= 15 is 0 Å². The van der Waals surface area contributed by atoms with Gasteiger partial charge in [0.2, 0.25) is 0 Å². The summed E-state index contributed by atoms with van der Waals surface area (Å²) in [5.41, 5.74) is 1.66. The van der Waals surface area contributed by atoms with Crippen molar-refractivity contribution in [2.24, 2.45) is 0 Å². The predicted octanol–water partition coefficient (Wildman–Crippen LogP) is 2.65. The average Bonchev–Trinajstić information content (AvgIpc) is 2.37. The molecule has 3 heteroatoms. The zero-order chi connectivity index (χ0) is 12.3. The highest BCUT2D eigenvalue weighted by atomic mass is 14.3. The lowest BCUT2D eigenvalue weighted by Gasteiger charge is -2.02. The van der Waals surface area contributed by atoms with Crippen molar-refractivity contribution in [2.75, 3.05) is 0 Å². The summed E-state index contributed by atoms with van der Waals surface area (Å²) in [6.45, 7) is 0. The van der Waals surface area contributed by atoms with Crippen molar-refractivity contribution in [3.05, 3.63) is 47.0 Å². The fourth-order valence-corrected chi connectivity index (χ4v) is 1.73. The first-order chi connectivity index (χ1) is 8.28. The smallest absolute Gasteiger partial charge is 0.101 e. The molecule has 0 fully saturated rings. The van der Waals surface area contributed by atoms with Crippen molar-refractivity contribution in [2.45, 2.75) is 6.42 Å². The molecule has 0 aliphatic heterocycles. The fraction of sp³-hybridized carbons (Fsp3) is 0.0714. The lowest BCUT2D eigenvalue weighted by atomic mass is 10.00. The minimum Gasteiger partial charge on any atom is -0.198 e. The molecule has 0 heterocycles. The molecule has 0 spiro atoms. The minimum absolute atomic E-state index is 0.345. The van der Waals surface area contributed by atoms with Crippen molar-refractivity contribution >= 4 is 10.8 Å². The highest BCUT2D eigenvalue weighted by Crippen LogP contribution is 2.21. The van der Waals surface area contributed by atoms with E-state index in [1.54, 1.807) is 12.1 Å². The number of hydrogen-bond donors (Lipinski definition) is 0. The fourth-order valence-electron chi connectivity index (χ4n) is 1.73. The summed E-state index contributed by atoms with van der Waals surface area (Å²) in [5.74, 6) is 0. The lowest BCUT2D eigenvalue weighted by Crippen LogP contribution is -1.87. The standard InChI is InChI=1S/C14H7N3/c15-4-3-10-1-2-11-6-13(8-16)14(9-17)7-12(11)5-10/h1-2,5-7H,3H2. The number of fused-ring (bicyclic) bond motifs is 1. The van der Waals surface area contributed by atoms with Gasteiger partial charge in [-0.1, -0.05) is 18.2 Å². The Bertz CT molecular complexity index is 709. The van der Waals surface area contributed by atoms with Crippen molar-refractivity contribution in [1.29, 1.82) is 15.8 Å². The summed E-state index contributed by atoms with van der Waals surface area (Å²) in [5, 5.41) is 28.2. The Hall–Kier alpha value is -2.83. The second-order valence-electron chi connectivity index (χ2n) is 3.64. The maximum atomic E-state index is 8.93. The van der Waals surface area contributed by atoms with Crippen LogP contribution in [0.3, 0.4) is 0 Å². The molecule has 17 heavy (non-hydrogen) atoms. The molecule has 3 nitrogen and oxygen atoms in total. The Labute approximate surface area is 98.8 Å². The third-order valence-electron chi connectivity index (χ3n) is 2.57. The molecule has 0 amide bonds. The zero-order valence-electron chi connectivity index (χ0n) is 8.94. The van der Waals surface area contributed by atoms with Crippen LogP contribution in [0.5, 0.6) is 0 Å². The lowest BCUT2D eigenvalue weighted by molar-refractivity contribution is 1.27. The molecule has 0 aromatic heterocycles. The van der Waals surface area contributed by atoms with Crippen molar-refractivity contribution < 1.29 is 0 Å². The van der Waals surface area contributed by atoms with Gasteiger partial charge in [0.05, 0.1) is 23.6 Å². The van der Waals surface area contributed by atoms with Gasteiger partial charge in [0.15, 0.2) is 0 Å². The van der Waals surface area contributed by atoms with Gasteiger partial charge in [-0.3, -0.25) is 0 Å². The Kier molecular flexibility index (Phi) is 2.73. The predicted molar refractivity (Wildman–Crippen MR) is 62.7 cm³/mol. The number of nitriles is 3. The Morgan fingerprint density at radius 3 is 2.06 bits per heavy atom. The molecule has 0 atom stereocenters. The minimum atomic E-state index is 0.345. The second-order valence-corrected chi connectivity index (χ2v) is 3.64. The highest BCUT2D eigenvalue weighted by Gasteiger charge is 2.04.